The minimum Gasteiger partial charge on any atom is -0.327 e. The maximum atomic E-state index is 11.9. The van der Waals surface area contributed by atoms with E-state index in [0.29, 0.717) is 12.3 Å². The van der Waals surface area contributed by atoms with Gasteiger partial charge < -0.3 is 5.73 Å². The van der Waals surface area contributed by atoms with Gasteiger partial charge in [-0.05, 0) is 23.5 Å². The van der Waals surface area contributed by atoms with E-state index in [0.717, 1.165) is 5.56 Å². The Morgan fingerprint density at radius 2 is 1.72 bits per heavy atom. The Kier molecular flexibility index (Phi) is 5.35. The van der Waals surface area contributed by atoms with Crippen molar-refractivity contribution in [2.75, 3.05) is 5.75 Å². The third-order valence-corrected chi connectivity index (χ3v) is 4.73. The quantitative estimate of drug-likeness (QED) is 0.863. The standard InChI is InChI=1S/C14H23NO2S/c1-4-14(15)10-18(16,17)9-12-5-7-13(8-6-12)11(2)3/h5-8,11,14H,4,9-10,15H2,1-3H3. The summed E-state index contributed by atoms with van der Waals surface area (Å²) in [6.45, 7) is 6.13. The van der Waals surface area contributed by atoms with E-state index in [4.69, 9.17) is 5.73 Å². The first kappa shape index (κ1) is 15.2. The molecule has 1 rings (SSSR count). The summed E-state index contributed by atoms with van der Waals surface area (Å²) < 4.78 is 23.8. The molecule has 1 unspecified atom stereocenters. The fourth-order valence-electron chi connectivity index (χ4n) is 1.76. The van der Waals surface area contributed by atoms with Gasteiger partial charge in [0.15, 0.2) is 9.84 Å². The van der Waals surface area contributed by atoms with Gasteiger partial charge in [-0.2, -0.15) is 0 Å². The maximum Gasteiger partial charge on any atom is 0.155 e. The molecule has 102 valence electrons. The summed E-state index contributed by atoms with van der Waals surface area (Å²) in [6, 6.07) is 7.52. The van der Waals surface area contributed by atoms with Gasteiger partial charge in [-0.1, -0.05) is 45.0 Å². The first-order chi connectivity index (χ1) is 8.34. The average Bonchev–Trinajstić information content (AvgIpc) is 2.28. The van der Waals surface area contributed by atoms with E-state index >= 15 is 0 Å². The highest BCUT2D eigenvalue weighted by Gasteiger charge is 2.15. The molecule has 0 spiro atoms. The largest absolute Gasteiger partial charge is 0.327 e. The lowest BCUT2D eigenvalue weighted by molar-refractivity contribution is 0.583. The number of hydrogen-bond donors (Lipinski definition) is 1. The second kappa shape index (κ2) is 6.34. The minimum atomic E-state index is -3.10. The molecule has 0 aromatic heterocycles. The van der Waals surface area contributed by atoms with Crippen molar-refractivity contribution in [3.8, 4) is 0 Å². The predicted octanol–water partition coefficient (Wildman–Crippen LogP) is 2.46. The lowest BCUT2D eigenvalue weighted by Gasteiger charge is -2.10. The molecule has 4 heteroatoms. The molecule has 0 bridgehead atoms. The summed E-state index contributed by atoms with van der Waals surface area (Å²) in [6.07, 6.45) is 0.686. The molecule has 18 heavy (non-hydrogen) atoms. The average molecular weight is 269 g/mol. The Morgan fingerprint density at radius 1 is 1.17 bits per heavy atom. The van der Waals surface area contributed by atoms with Gasteiger partial charge >= 0.3 is 0 Å². The Morgan fingerprint density at radius 3 is 2.17 bits per heavy atom. The van der Waals surface area contributed by atoms with Gasteiger partial charge in [0, 0.05) is 6.04 Å². The van der Waals surface area contributed by atoms with E-state index in [-0.39, 0.29) is 17.5 Å². The smallest absolute Gasteiger partial charge is 0.155 e. The third-order valence-electron chi connectivity index (χ3n) is 3.03. The van der Waals surface area contributed by atoms with E-state index in [1.807, 2.05) is 31.2 Å². The van der Waals surface area contributed by atoms with Crippen molar-refractivity contribution in [1.82, 2.24) is 0 Å². The second-order valence-electron chi connectivity index (χ2n) is 5.12. The van der Waals surface area contributed by atoms with E-state index in [2.05, 4.69) is 13.8 Å². The fraction of sp³-hybridized carbons (Fsp3) is 0.571. The highest BCUT2D eigenvalue weighted by molar-refractivity contribution is 7.90. The zero-order chi connectivity index (χ0) is 13.8. The monoisotopic (exact) mass is 269 g/mol. The van der Waals surface area contributed by atoms with Gasteiger partial charge in [0.2, 0.25) is 0 Å². The van der Waals surface area contributed by atoms with Crippen LogP contribution in [0, 0.1) is 0 Å². The molecule has 0 saturated heterocycles. The van der Waals surface area contributed by atoms with Crippen LogP contribution in [0.15, 0.2) is 24.3 Å². The summed E-state index contributed by atoms with van der Waals surface area (Å²) in [5.74, 6) is 0.610. The molecule has 0 aliphatic rings. The van der Waals surface area contributed by atoms with Crippen LogP contribution >= 0.6 is 0 Å². The second-order valence-corrected chi connectivity index (χ2v) is 7.23. The number of hydrogen-bond acceptors (Lipinski definition) is 3. The fourth-order valence-corrected chi connectivity index (χ4v) is 3.46. The van der Waals surface area contributed by atoms with Gasteiger partial charge in [0.25, 0.3) is 0 Å². The van der Waals surface area contributed by atoms with Crippen molar-refractivity contribution in [2.45, 2.75) is 44.9 Å². The summed E-state index contributed by atoms with van der Waals surface area (Å²) in [5.41, 5.74) is 7.76. The summed E-state index contributed by atoms with van der Waals surface area (Å²) in [5, 5.41) is 0. The topological polar surface area (TPSA) is 60.2 Å². The zero-order valence-electron chi connectivity index (χ0n) is 11.4. The van der Waals surface area contributed by atoms with Gasteiger partial charge in [-0.3, -0.25) is 0 Å². The Hall–Kier alpha value is -0.870. The van der Waals surface area contributed by atoms with Crippen LogP contribution in [0.25, 0.3) is 0 Å². The van der Waals surface area contributed by atoms with Crippen LogP contribution in [-0.2, 0) is 15.6 Å². The van der Waals surface area contributed by atoms with Crippen LogP contribution in [0.4, 0.5) is 0 Å². The summed E-state index contributed by atoms with van der Waals surface area (Å²) in [7, 11) is -3.10. The first-order valence-electron chi connectivity index (χ1n) is 6.39. The van der Waals surface area contributed by atoms with Crippen molar-refractivity contribution < 1.29 is 8.42 Å². The summed E-state index contributed by atoms with van der Waals surface area (Å²) >= 11 is 0. The number of sulfone groups is 1. The summed E-state index contributed by atoms with van der Waals surface area (Å²) in [4.78, 5) is 0. The SMILES string of the molecule is CCC(N)CS(=O)(=O)Cc1ccc(C(C)C)cc1. The van der Waals surface area contributed by atoms with Crippen LogP contribution in [0.1, 0.15) is 44.2 Å². The van der Waals surface area contributed by atoms with E-state index in [1.165, 1.54) is 5.56 Å². The highest BCUT2D eigenvalue weighted by atomic mass is 32.2. The van der Waals surface area contributed by atoms with Crippen molar-refractivity contribution >= 4 is 9.84 Å². The third kappa shape index (κ3) is 4.78. The van der Waals surface area contributed by atoms with E-state index < -0.39 is 9.84 Å². The molecule has 0 aliphatic carbocycles. The molecule has 1 atom stereocenters. The van der Waals surface area contributed by atoms with Crippen molar-refractivity contribution in [3.05, 3.63) is 35.4 Å². The van der Waals surface area contributed by atoms with Crippen molar-refractivity contribution in [3.63, 3.8) is 0 Å². The molecular weight excluding hydrogens is 246 g/mol. The van der Waals surface area contributed by atoms with E-state index in [1.54, 1.807) is 0 Å². The maximum absolute atomic E-state index is 11.9. The van der Waals surface area contributed by atoms with Gasteiger partial charge in [-0.15, -0.1) is 0 Å². The Balaban J connectivity index is 2.72. The molecule has 1 aromatic rings. The molecular formula is C14H23NO2S. The van der Waals surface area contributed by atoms with E-state index in [9.17, 15) is 8.42 Å². The van der Waals surface area contributed by atoms with Gasteiger partial charge in [0.05, 0.1) is 11.5 Å². The van der Waals surface area contributed by atoms with Crippen LogP contribution in [0.5, 0.6) is 0 Å². The lowest BCUT2D eigenvalue weighted by atomic mass is 10.0. The molecule has 2 N–H and O–H groups in total. The number of rotatable bonds is 6. The van der Waals surface area contributed by atoms with Crippen LogP contribution < -0.4 is 5.73 Å². The minimum absolute atomic E-state index is 0.0649. The molecule has 0 amide bonds. The zero-order valence-corrected chi connectivity index (χ0v) is 12.2. The predicted molar refractivity (Wildman–Crippen MR) is 76.3 cm³/mol. The molecule has 0 fully saturated rings. The van der Waals surface area contributed by atoms with Crippen LogP contribution in [0.2, 0.25) is 0 Å². The van der Waals surface area contributed by atoms with Gasteiger partial charge in [0.1, 0.15) is 0 Å². The van der Waals surface area contributed by atoms with Gasteiger partial charge in [-0.25, -0.2) is 8.42 Å². The lowest BCUT2D eigenvalue weighted by Crippen LogP contribution is -2.29. The first-order valence-corrected chi connectivity index (χ1v) is 8.21. The highest BCUT2D eigenvalue weighted by Crippen LogP contribution is 2.16. The molecule has 3 nitrogen and oxygen atoms in total. The Bertz CT molecular complexity index is 463. The van der Waals surface area contributed by atoms with Crippen molar-refractivity contribution in [2.24, 2.45) is 5.73 Å². The Labute approximate surface area is 110 Å². The van der Waals surface area contributed by atoms with Crippen LogP contribution in [-0.4, -0.2) is 20.2 Å². The molecule has 0 saturated carbocycles. The molecule has 0 aliphatic heterocycles. The normalized spacial score (nSPS) is 13.8. The molecule has 0 radical (unpaired) electrons. The molecule has 0 heterocycles. The molecule has 1 aromatic carbocycles. The number of benzene rings is 1. The van der Waals surface area contributed by atoms with Crippen molar-refractivity contribution in [1.29, 1.82) is 0 Å². The number of nitrogens with two attached hydrogens (primary N) is 1. The van der Waals surface area contributed by atoms with Crippen LogP contribution in [0.3, 0.4) is 0 Å².